The van der Waals surface area contributed by atoms with Crippen molar-refractivity contribution in [1.82, 2.24) is 5.32 Å². The lowest BCUT2D eigenvalue weighted by atomic mass is 9.74. The average Bonchev–Trinajstić information content (AvgIpc) is 2.40. The molecule has 1 fully saturated rings. The van der Waals surface area contributed by atoms with E-state index in [-0.39, 0.29) is 5.54 Å². The number of nitriles is 1. The summed E-state index contributed by atoms with van der Waals surface area (Å²) in [6.07, 6.45) is 4.14. The van der Waals surface area contributed by atoms with Gasteiger partial charge in [0.15, 0.2) is 0 Å². The molecule has 0 bridgehead atoms. The molecule has 1 aliphatic carbocycles. The van der Waals surface area contributed by atoms with E-state index < -0.39 is 0 Å². The first kappa shape index (κ1) is 13.1. The van der Waals surface area contributed by atoms with Gasteiger partial charge in [-0.1, -0.05) is 30.3 Å². The number of rotatable bonds is 3. The average molecular weight is 242 g/mol. The lowest BCUT2D eigenvalue weighted by Crippen LogP contribution is -2.49. The molecule has 0 saturated heterocycles. The van der Waals surface area contributed by atoms with Crippen LogP contribution in [0.2, 0.25) is 0 Å². The third-order valence-corrected chi connectivity index (χ3v) is 3.89. The third-order valence-electron chi connectivity index (χ3n) is 3.89. The van der Waals surface area contributed by atoms with E-state index in [2.05, 4.69) is 55.6 Å². The van der Waals surface area contributed by atoms with Crippen molar-refractivity contribution in [3.05, 3.63) is 35.9 Å². The highest BCUT2D eigenvalue weighted by Crippen LogP contribution is 2.37. The van der Waals surface area contributed by atoms with Crippen LogP contribution in [0.4, 0.5) is 0 Å². The summed E-state index contributed by atoms with van der Waals surface area (Å²) in [6.45, 7) is 4.23. The number of benzene rings is 1. The van der Waals surface area contributed by atoms with Gasteiger partial charge in [-0.2, -0.15) is 5.26 Å². The quantitative estimate of drug-likeness (QED) is 0.879. The normalized spacial score (nSPS) is 28.0. The second-order valence-corrected chi connectivity index (χ2v) is 5.68. The summed E-state index contributed by atoms with van der Waals surface area (Å²) in [7, 11) is 0. The lowest BCUT2D eigenvalue weighted by molar-refractivity contribution is 0.260. The predicted octanol–water partition coefficient (Wildman–Crippen LogP) is 3.60. The van der Waals surface area contributed by atoms with Crippen molar-refractivity contribution in [3.63, 3.8) is 0 Å². The molecule has 2 nitrogen and oxygen atoms in total. The van der Waals surface area contributed by atoms with Crippen molar-refractivity contribution in [2.45, 2.75) is 57.0 Å². The molecule has 0 radical (unpaired) electrons. The first-order valence-corrected chi connectivity index (χ1v) is 6.89. The summed E-state index contributed by atoms with van der Waals surface area (Å²) in [5.41, 5.74) is 1.13. The minimum Gasteiger partial charge on any atom is -0.297 e. The standard InChI is InChI=1S/C16H22N2/c1-13(2)18-16(12-17)10-8-15(9-11-16)14-6-4-3-5-7-14/h3-7,13,15,18H,8-11H2,1-2H3. The number of nitrogens with one attached hydrogen (secondary N) is 1. The fourth-order valence-corrected chi connectivity index (χ4v) is 3.01. The maximum Gasteiger partial charge on any atom is 0.107 e. The molecule has 1 aromatic rings. The predicted molar refractivity (Wildman–Crippen MR) is 74.3 cm³/mol. The van der Waals surface area contributed by atoms with E-state index in [9.17, 15) is 5.26 Å². The van der Waals surface area contributed by atoms with Gasteiger partial charge in [0.05, 0.1) is 6.07 Å². The molecule has 1 aliphatic rings. The molecule has 0 aliphatic heterocycles. The summed E-state index contributed by atoms with van der Waals surface area (Å²) >= 11 is 0. The second kappa shape index (κ2) is 5.54. The first-order chi connectivity index (χ1) is 8.65. The van der Waals surface area contributed by atoms with E-state index in [1.54, 1.807) is 0 Å². The fraction of sp³-hybridized carbons (Fsp3) is 0.562. The SMILES string of the molecule is CC(C)NC1(C#N)CCC(c2ccccc2)CC1. The lowest BCUT2D eigenvalue weighted by Gasteiger charge is -2.37. The molecular formula is C16H22N2. The Hall–Kier alpha value is -1.33. The molecule has 2 heteroatoms. The van der Waals surface area contributed by atoms with Gasteiger partial charge in [-0.05, 0) is 51.0 Å². The smallest absolute Gasteiger partial charge is 0.107 e. The van der Waals surface area contributed by atoms with E-state index >= 15 is 0 Å². The molecule has 0 heterocycles. The zero-order valence-electron chi connectivity index (χ0n) is 11.3. The molecule has 0 spiro atoms. The van der Waals surface area contributed by atoms with Crippen LogP contribution in [-0.4, -0.2) is 11.6 Å². The number of hydrogen-bond acceptors (Lipinski definition) is 2. The summed E-state index contributed by atoms with van der Waals surface area (Å²) < 4.78 is 0. The molecule has 2 rings (SSSR count). The van der Waals surface area contributed by atoms with Crippen molar-refractivity contribution in [1.29, 1.82) is 5.26 Å². The Balaban J connectivity index is 2.01. The number of nitrogens with zero attached hydrogens (tertiary/aromatic N) is 1. The van der Waals surface area contributed by atoms with Crippen LogP contribution in [-0.2, 0) is 0 Å². The van der Waals surface area contributed by atoms with Crippen molar-refractivity contribution in [2.24, 2.45) is 0 Å². The largest absolute Gasteiger partial charge is 0.297 e. The Morgan fingerprint density at radius 2 is 1.83 bits per heavy atom. The Labute approximate surface area is 110 Å². The Morgan fingerprint density at radius 3 is 2.33 bits per heavy atom. The maximum absolute atomic E-state index is 9.43. The van der Waals surface area contributed by atoms with Crippen molar-refractivity contribution < 1.29 is 0 Å². The second-order valence-electron chi connectivity index (χ2n) is 5.68. The molecule has 0 atom stereocenters. The zero-order chi connectivity index (χ0) is 13.0. The van der Waals surface area contributed by atoms with Crippen LogP contribution in [0.25, 0.3) is 0 Å². The minimum absolute atomic E-state index is 0.292. The zero-order valence-corrected chi connectivity index (χ0v) is 11.3. The van der Waals surface area contributed by atoms with Gasteiger partial charge < -0.3 is 0 Å². The van der Waals surface area contributed by atoms with Gasteiger partial charge >= 0.3 is 0 Å². The van der Waals surface area contributed by atoms with Gasteiger partial charge in [0.25, 0.3) is 0 Å². The Morgan fingerprint density at radius 1 is 1.22 bits per heavy atom. The van der Waals surface area contributed by atoms with Crippen LogP contribution in [0.1, 0.15) is 51.0 Å². The minimum atomic E-state index is -0.292. The monoisotopic (exact) mass is 242 g/mol. The summed E-state index contributed by atoms with van der Waals surface area (Å²) in [5.74, 6) is 0.627. The molecular weight excluding hydrogens is 220 g/mol. The van der Waals surface area contributed by atoms with Crippen LogP contribution in [0, 0.1) is 11.3 Å². The van der Waals surface area contributed by atoms with E-state index in [0.717, 1.165) is 25.7 Å². The third kappa shape index (κ3) is 2.91. The maximum atomic E-state index is 9.43. The highest BCUT2D eigenvalue weighted by atomic mass is 15.0. The number of hydrogen-bond donors (Lipinski definition) is 1. The molecule has 1 N–H and O–H groups in total. The van der Waals surface area contributed by atoms with Gasteiger partial charge in [0, 0.05) is 6.04 Å². The van der Waals surface area contributed by atoms with Crippen LogP contribution in [0.5, 0.6) is 0 Å². The molecule has 1 aromatic carbocycles. The van der Waals surface area contributed by atoms with E-state index in [4.69, 9.17) is 0 Å². The van der Waals surface area contributed by atoms with Gasteiger partial charge in [-0.15, -0.1) is 0 Å². The van der Waals surface area contributed by atoms with Crippen LogP contribution >= 0.6 is 0 Å². The summed E-state index contributed by atoms with van der Waals surface area (Å²) in [5, 5.41) is 12.9. The van der Waals surface area contributed by atoms with Gasteiger partial charge in [-0.25, -0.2) is 0 Å². The van der Waals surface area contributed by atoms with E-state index in [0.29, 0.717) is 12.0 Å². The highest BCUT2D eigenvalue weighted by molar-refractivity contribution is 5.22. The molecule has 1 saturated carbocycles. The van der Waals surface area contributed by atoms with Gasteiger partial charge in [-0.3, -0.25) is 5.32 Å². The summed E-state index contributed by atoms with van der Waals surface area (Å²) in [6, 6.07) is 13.6. The van der Waals surface area contributed by atoms with Gasteiger partial charge in [0.1, 0.15) is 5.54 Å². The van der Waals surface area contributed by atoms with E-state index in [1.165, 1.54) is 5.56 Å². The van der Waals surface area contributed by atoms with E-state index in [1.807, 2.05) is 0 Å². The topological polar surface area (TPSA) is 35.8 Å². The van der Waals surface area contributed by atoms with Crippen molar-refractivity contribution in [2.75, 3.05) is 0 Å². The first-order valence-electron chi connectivity index (χ1n) is 6.89. The Bertz CT molecular complexity index is 408. The highest BCUT2D eigenvalue weighted by Gasteiger charge is 2.35. The molecule has 96 valence electrons. The molecule has 0 amide bonds. The Kier molecular flexibility index (Phi) is 4.04. The van der Waals surface area contributed by atoms with Crippen molar-refractivity contribution >= 4 is 0 Å². The van der Waals surface area contributed by atoms with Crippen LogP contribution < -0.4 is 5.32 Å². The van der Waals surface area contributed by atoms with Gasteiger partial charge in [0.2, 0.25) is 0 Å². The molecule has 0 aromatic heterocycles. The van der Waals surface area contributed by atoms with Crippen LogP contribution in [0.15, 0.2) is 30.3 Å². The van der Waals surface area contributed by atoms with Crippen molar-refractivity contribution in [3.8, 4) is 6.07 Å². The molecule has 18 heavy (non-hydrogen) atoms. The fourth-order valence-electron chi connectivity index (χ4n) is 3.01. The molecule has 0 unspecified atom stereocenters. The van der Waals surface area contributed by atoms with Crippen LogP contribution in [0.3, 0.4) is 0 Å². The summed E-state index contributed by atoms with van der Waals surface area (Å²) in [4.78, 5) is 0.